The molecule has 1 rings (SSSR count). The molecule has 1 aliphatic carbocycles. The zero-order chi connectivity index (χ0) is 8.97. The van der Waals surface area contributed by atoms with E-state index in [9.17, 15) is 0 Å². The Morgan fingerprint density at radius 2 is 1.75 bits per heavy atom. The molecule has 0 aromatic rings. The fourth-order valence-electron chi connectivity index (χ4n) is 2.52. The monoisotopic (exact) mass is 169 g/mol. The maximum atomic E-state index is 2.43. The predicted octanol–water partition coefficient (Wildman–Crippen LogP) is 2.91. The fourth-order valence-corrected chi connectivity index (χ4v) is 2.52. The molecule has 0 amide bonds. The van der Waals surface area contributed by atoms with Crippen molar-refractivity contribution >= 4 is 0 Å². The Bertz CT molecular complexity index is 120. The second kappa shape index (κ2) is 4.86. The third-order valence-corrected chi connectivity index (χ3v) is 3.31. The molecule has 0 N–H and O–H groups in total. The molecule has 72 valence electrons. The molecule has 0 saturated heterocycles. The molecule has 0 spiro atoms. The first-order valence-corrected chi connectivity index (χ1v) is 5.42. The summed E-state index contributed by atoms with van der Waals surface area (Å²) < 4.78 is 0. The highest BCUT2D eigenvalue weighted by molar-refractivity contribution is 4.78. The van der Waals surface area contributed by atoms with Crippen LogP contribution in [0.25, 0.3) is 0 Å². The van der Waals surface area contributed by atoms with E-state index in [2.05, 4.69) is 25.9 Å². The topological polar surface area (TPSA) is 3.24 Å². The minimum absolute atomic E-state index is 0.859. The number of hydrogen-bond donors (Lipinski definition) is 0. The van der Waals surface area contributed by atoms with Gasteiger partial charge in [0.15, 0.2) is 0 Å². The van der Waals surface area contributed by atoms with Crippen molar-refractivity contribution in [3.8, 4) is 0 Å². The van der Waals surface area contributed by atoms with Crippen LogP contribution in [-0.2, 0) is 0 Å². The van der Waals surface area contributed by atoms with Crippen LogP contribution in [-0.4, -0.2) is 25.0 Å². The Morgan fingerprint density at radius 1 is 1.08 bits per heavy atom. The van der Waals surface area contributed by atoms with Gasteiger partial charge in [0.1, 0.15) is 0 Å². The predicted molar refractivity (Wildman–Crippen MR) is 54.3 cm³/mol. The van der Waals surface area contributed by atoms with E-state index in [-0.39, 0.29) is 0 Å². The molecule has 1 nitrogen and oxygen atoms in total. The second-order valence-corrected chi connectivity index (χ2v) is 4.34. The van der Waals surface area contributed by atoms with Crippen LogP contribution in [0.2, 0.25) is 0 Å². The van der Waals surface area contributed by atoms with E-state index in [0.29, 0.717) is 0 Å². The molecule has 1 aliphatic rings. The molecule has 0 aliphatic heterocycles. The fraction of sp³-hybridized carbons (Fsp3) is 1.00. The average Bonchev–Trinajstić information content (AvgIpc) is 2.27. The highest BCUT2D eigenvalue weighted by Crippen LogP contribution is 2.28. The lowest BCUT2D eigenvalue weighted by molar-refractivity contribution is 0.193. The summed E-state index contributed by atoms with van der Waals surface area (Å²) in [6, 6.07) is 0.859. The van der Waals surface area contributed by atoms with Gasteiger partial charge >= 0.3 is 0 Å². The molecule has 1 heteroatoms. The third kappa shape index (κ3) is 2.48. The lowest BCUT2D eigenvalue weighted by Gasteiger charge is -2.30. The smallest absolute Gasteiger partial charge is 0.0117 e. The molecule has 12 heavy (non-hydrogen) atoms. The van der Waals surface area contributed by atoms with Gasteiger partial charge in [0.05, 0.1) is 0 Å². The summed E-state index contributed by atoms with van der Waals surface area (Å²) in [5, 5.41) is 0. The quantitative estimate of drug-likeness (QED) is 0.574. The van der Waals surface area contributed by atoms with Crippen molar-refractivity contribution in [2.45, 2.75) is 51.5 Å². The van der Waals surface area contributed by atoms with E-state index in [4.69, 9.17) is 0 Å². The highest BCUT2D eigenvalue weighted by atomic mass is 15.1. The largest absolute Gasteiger partial charge is 0.306 e. The Balaban J connectivity index is 2.51. The van der Waals surface area contributed by atoms with Gasteiger partial charge in [-0.25, -0.2) is 0 Å². The van der Waals surface area contributed by atoms with Crippen LogP contribution < -0.4 is 0 Å². The van der Waals surface area contributed by atoms with Crippen LogP contribution in [0, 0.1) is 5.92 Å². The summed E-state index contributed by atoms with van der Waals surface area (Å²) in [5.41, 5.74) is 0. The van der Waals surface area contributed by atoms with E-state index in [1.54, 1.807) is 0 Å². The van der Waals surface area contributed by atoms with Gasteiger partial charge in [-0.3, -0.25) is 0 Å². The molecular weight excluding hydrogens is 146 g/mol. The van der Waals surface area contributed by atoms with Crippen LogP contribution in [0.1, 0.15) is 45.4 Å². The molecule has 2 unspecified atom stereocenters. The zero-order valence-electron chi connectivity index (χ0n) is 8.84. The van der Waals surface area contributed by atoms with Gasteiger partial charge in [-0.2, -0.15) is 0 Å². The third-order valence-electron chi connectivity index (χ3n) is 3.31. The van der Waals surface area contributed by atoms with Crippen molar-refractivity contribution in [2.75, 3.05) is 14.1 Å². The van der Waals surface area contributed by atoms with Gasteiger partial charge in [-0.1, -0.05) is 32.6 Å². The molecular formula is C11H23N. The molecule has 0 aromatic heterocycles. The lowest BCUT2D eigenvalue weighted by atomic mass is 9.91. The van der Waals surface area contributed by atoms with Gasteiger partial charge in [-0.15, -0.1) is 0 Å². The first-order valence-electron chi connectivity index (χ1n) is 5.42. The van der Waals surface area contributed by atoms with Crippen molar-refractivity contribution in [3.05, 3.63) is 0 Å². The van der Waals surface area contributed by atoms with E-state index in [1.807, 2.05) is 0 Å². The summed E-state index contributed by atoms with van der Waals surface area (Å²) in [6.45, 7) is 2.34. The van der Waals surface area contributed by atoms with Crippen LogP contribution in [0.3, 0.4) is 0 Å². The summed E-state index contributed by atoms with van der Waals surface area (Å²) in [5.74, 6) is 0.961. The molecule has 0 radical (unpaired) electrons. The normalized spacial score (nSPS) is 32.0. The van der Waals surface area contributed by atoms with E-state index >= 15 is 0 Å². The number of rotatable bonds is 2. The Kier molecular flexibility index (Phi) is 4.07. The molecule has 0 bridgehead atoms. The molecule has 1 saturated carbocycles. The van der Waals surface area contributed by atoms with Crippen LogP contribution in [0.15, 0.2) is 0 Å². The van der Waals surface area contributed by atoms with E-state index in [1.165, 1.54) is 38.5 Å². The van der Waals surface area contributed by atoms with E-state index < -0.39 is 0 Å². The van der Waals surface area contributed by atoms with Crippen molar-refractivity contribution in [1.82, 2.24) is 4.90 Å². The van der Waals surface area contributed by atoms with Gasteiger partial charge in [0, 0.05) is 6.04 Å². The molecule has 0 aromatic carbocycles. The standard InChI is InChI=1S/C11H23N/c1-4-10-8-6-5-7-9-11(10)12(2)3/h10-11H,4-9H2,1-3H3. The van der Waals surface area contributed by atoms with Gasteiger partial charge in [0.2, 0.25) is 0 Å². The molecule has 0 heterocycles. The van der Waals surface area contributed by atoms with Crippen molar-refractivity contribution in [1.29, 1.82) is 0 Å². The number of hydrogen-bond acceptors (Lipinski definition) is 1. The van der Waals surface area contributed by atoms with Gasteiger partial charge in [-0.05, 0) is 32.9 Å². The Hall–Kier alpha value is -0.0400. The van der Waals surface area contributed by atoms with Crippen molar-refractivity contribution < 1.29 is 0 Å². The Labute approximate surface area is 77.1 Å². The van der Waals surface area contributed by atoms with Gasteiger partial charge in [0.25, 0.3) is 0 Å². The van der Waals surface area contributed by atoms with Gasteiger partial charge < -0.3 is 4.90 Å². The summed E-state index contributed by atoms with van der Waals surface area (Å²) in [4.78, 5) is 2.43. The minimum atomic E-state index is 0.859. The van der Waals surface area contributed by atoms with Crippen molar-refractivity contribution in [2.24, 2.45) is 5.92 Å². The lowest BCUT2D eigenvalue weighted by Crippen LogP contribution is -2.34. The zero-order valence-corrected chi connectivity index (χ0v) is 8.84. The first kappa shape index (κ1) is 10.0. The maximum Gasteiger partial charge on any atom is 0.0117 e. The molecule has 1 fully saturated rings. The Morgan fingerprint density at radius 3 is 2.33 bits per heavy atom. The van der Waals surface area contributed by atoms with Crippen LogP contribution in [0.4, 0.5) is 0 Å². The van der Waals surface area contributed by atoms with Crippen LogP contribution in [0.5, 0.6) is 0 Å². The summed E-state index contributed by atoms with van der Waals surface area (Å²) >= 11 is 0. The summed E-state index contributed by atoms with van der Waals surface area (Å²) in [6.07, 6.45) is 8.61. The highest BCUT2D eigenvalue weighted by Gasteiger charge is 2.23. The van der Waals surface area contributed by atoms with E-state index in [0.717, 1.165) is 12.0 Å². The average molecular weight is 169 g/mol. The summed E-state index contributed by atoms with van der Waals surface area (Å²) in [7, 11) is 4.47. The van der Waals surface area contributed by atoms with Crippen molar-refractivity contribution in [3.63, 3.8) is 0 Å². The first-order chi connectivity index (χ1) is 5.75. The van der Waals surface area contributed by atoms with Crippen LogP contribution >= 0.6 is 0 Å². The molecule has 2 atom stereocenters. The SMILES string of the molecule is CCC1CCCCCC1N(C)C. The maximum absolute atomic E-state index is 2.43. The second-order valence-electron chi connectivity index (χ2n) is 4.34. The number of nitrogens with zero attached hydrogens (tertiary/aromatic N) is 1. The minimum Gasteiger partial charge on any atom is -0.306 e.